The van der Waals surface area contributed by atoms with Crippen molar-refractivity contribution < 1.29 is 29.0 Å². The number of carbonyl (C=O) groups is 4. The van der Waals surface area contributed by atoms with Crippen LogP contribution in [0.5, 0.6) is 0 Å². The predicted octanol–water partition coefficient (Wildman–Crippen LogP) is 5.80. The molecule has 13 nitrogen and oxygen atoms in total. The largest absolute Gasteiger partial charge is 0.479 e. The second kappa shape index (κ2) is 13.8. The Bertz CT molecular complexity index is 1970. The van der Waals surface area contributed by atoms with E-state index in [1.165, 1.54) is 27.6 Å². The Morgan fingerprint density at radius 2 is 1.82 bits per heavy atom. The van der Waals surface area contributed by atoms with Gasteiger partial charge in [-0.15, -0.1) is 22.7 Å². The van der Waals surface area contributed by atoms with Crippen molar-refractivity contribution in [3.05, 3.63) is 53.8 Å². The van der Waals surface area contributed by atoms with Gasteiger partial charge in [0.05, 0.1) is 23.4 Å². The minimum Gasteiger partial charge on any atom is -0.479 e. The molecule has 5 atom stereocenters. The predicted molar refractivity (Wildman–Crippen MR) is 193 cm³/mol. The lowest BCUT2D eigenvalue weighted by atomic mass is 10.0. The van der Waals surface area contributed by atoms with E-state index in [9.17, 15) is 24.3 Å². The fraction of sp³-hybridized carbons (Fsp3) is 0.472. The first-order chi connectivity index (χ1) is 24.4. The molecule has 51 heavy (non-hydrogen) atoms. The third-order valence-corrected chi connectivity index (χ3v) is 11.4. The van der Waals surface area contributed by atoms with Crippen LogP contribution in [0.3, 0.4) is 0 Å². The molecule has 0 bridgehead atoms. The second-order valence-electron chi connectivity index (χ2n) is 14.5. The van der Waals surface area contributed by atoms with Crippen molar-refractivity contribution in [2.45, 2.75) is 95.0 Å². The van der Waals surface area contributed by atoms with Gasteiger partial charge in [0, 0.05) is 46.7 Å². The number of benzene rings is 1. The van der Waals surface area contributed by atoms with Crippen molar-refractivity contribution in [1.82, 2.24) is 35.1 Å². The Morgan fingerprint density at radius 3 is 2.53 bits per heavy atom. The minimum atomic E-state index is -1.43. The van der Waals surface area contributed by atoms with Crippen LogP contribution in [-0.2, 0) is 19.1 Å². The van der Waals surface area contributed by atoms with Gasteiger partial charge < -0.3 is 29.9 Å². The third-order valence-electron chi connectivity index (χ3n) is 9.74. The van der Waals surface area contributed by atoms with Crippen LogP contribution in [-0.4, -0.2) is 83.2 Å². The van der Waals surface area contributed by atoms with E-state index in [1.54, 1.807) is 39.5 Å². The van der Waals surface area contributed by atoms with E-state index >= 15 is 0 Å². The second-order valence-corrected chi connectivity index (χ2v) is 16.2. The molecule has 0 spiro atoms. The van der Waals surface area contributed by atoms with Gasteiger partial charge in [-0.2, -0.15) is 0 Å². The molecule has 3 N–H and O–H groups in total. The maximum atomic E-state index is 14.5. The smallest absolute Gasteiger partial charge is 0.408 e. The Hall–Kier alpha value is -4.63. The van der Waals surface area contributed by atoms with E-state index < -0.39 is 47.1 Å². The summed E-state index contributed by atoms with van der Waals surface area (Å²) in [5, 5.41) is 21.3. The number of thiazole rings is 2. The van der Waals surface area contributed by atoms with Gasteiger partial charge in [-0.3, -0.25) is 9.59 Å². The Morgan fingerprint density at radius 1 is 1.06 bits per heavy atom. The van der Waals surface area contributed by atoms with Crippen molar-refractivity contribution in [2.75, 3.05) is 6.54 Å². The summed E-state index contributed by atoms with van der Waals surface area (Å²) >= 11 is 3.02. The van der Waals surface area contributed by atoms with Gasteiger partial charge >= 0.3 is 12.1 Å². The summed E-state index contributed by atoms with van der Waals surface area (Å²) in [7, 11) is 0. The van der Waals surface area contributed by atoms with E-state index in [0.29, 0.717) is 12.8 Å². The monoisotopic (exact) mass is 731 g/mol. The molecule has 1 saturated carbocycles. The Labute approximate surface area is 303 Å². The summed E-state index contributed by atoms with van der Waals surface area (Å²) in [6, 6.07) is 1.73. The first-order valence-corrected chi connectivity index (χ1v) is 19.0. The number of carboxylic acids is 1. The van der Waals surface area contributed by atoms with Gasteiger partial charge in [-0.25, -0.2) is 24.5 Å². The van der Waals surface area contributed by atoms with Crippen LogP contribution in [0.2, 0.25) is 0 Å². The number of fused-ring (bicyclic) bond motifs is 3. The Kier molecular flexibility index (Phi) is 9.44. The standard InChI is InChI=1S/C36H41N7O6S2/c1-35(2,3)49-34(48)40-25-10-8-6-4-5-7-9-22-18-36(22,33(46)47)41-29(44)27-17-23(19-42(27)32(25)45)43-20-39-28-24(31-38-12-14-51-31)15-21(16-26(28)43)30-37-11-13-50-30/h7,9,11-16,20,22-23,25,27H,4-6,8,10,17-19H2,1-3H3,(H,40,48)(H,41,44)(H,46,47)/t22-,23-,25+,27+,36-/m1/s1. The summed E-state index contributed by atoms with van der Waals surface area (Å²) in [5.74, 6) is -2.38. The lowest BCUT2D eigenvalue weighted by Crippen LogP contribution is -2.56. The molecule has 3 amide bonds. The summed E-state index contributed by atoms with van der Waals surface area (Å²) in [4.78, 5) is 69.7. The van der Waals surface area contributed by atoms with Gasteiger partial charge in [0.2, 0.25) is 11.8 Å². The fourth-order valence-electron chi connectivity index (χ4n) is 7.16. The van der Waals surface area contributed by atoms with Crippen molar-refractivity contribution in [1.29, 1.82) is 0 Å². The van der Waals surface area contributed by atoms with E-state index in [0.717, 1.165) is 51.4 Å². The summed E-state index contributed by atoms with van der Waals surface area (Å²) in [6.07, 6.45) is 12.3. The molecule has 1 saturated heterocycles. The number of hydrogen-bond donors (Lipinski definition) is 3. The summed E-state index contributed by atoms with van der Waals surface area (Å²) in [5.41, 5.74) is 1.07. The molecule has 3 aromatic heterocycles. The number of aromatic nitrogens is 4. The number of ether oxygens (including phenoxy) is 1. The molecular formula is C36H41N7O6S2. The van der Waals surface area contributed by atoms with Crippen LogP contribution >= 0.6 is 22.7 Å². The quantitative estimate of drug-likeness (QED) is 0.215. The first-order valence-electron chi connectivity index (χ1n) is 17.3. The number of imidazole rings is 1. The van der Waals surface area contributed by atoms with Gasteiger partial charge in [-0.1, -0.05) is 25.0 Å². The number of carbonyl (C=O) groups excluding carboxylic acids is 3. The highest BCUT2D eigenvalue weighted by molar-refractivity contribution is 7.13. The average molecular weight is 732 g/mol. The van der Waals surface area contributed by atoms with Gasteiger partial charge in [0.25, 0.3) is 0 Å². The Balaban J connectivity index is 1.27. The molecular weight excluding hydrogens is 691 g/mol. The van der Waals surface area contributed by atoms with Crippen LogP contribution in [0, 0.1) is 5.92 Å². The van der Waals surface area contributed by atoms with Crippen LogP contribution in [0.15, 0.2) is 53.8 Å². The molecule has 5 heterocycles. The molecule has 1 aliphatic carbocycles. The normalized spacial score (nSPS) is 25.7. The highest BCUT2D eigenvalue weighted by atomic mass is 32.1. The number of nitrogens with one attached hydrogen (secondary N) is 2. The van der Waals surface area contributed by atoms with E-state index in [2.05, 4.69) is 20.6 Å². The summed E-state index contributed by atoms with van der Waals surface area (Å²) in [6.45, 7) is 5.40. The van der Waals surface area contributed by atoms with Crippen LogP contribution in [0.1, 0.15) is 71.8 Å². The van der Waals surface area contributed by atoms with E-state index in [-0.39, 0.29) is 31.3 Å². The number of allylic oxidation sites excluding steroid dienone is 1. The first kappa shape index (κ1) is 34.8. The van der Waals surface area contributed by atoms with E-state index in [1.807, 2.05) is 39.6 Å². The molecule has 2 fully saturated rings. The number of hydrogen-bond acceptors (Lipinski definition) is 10. The number of amides is 3. The van der Waals surface area contributed by atoms with Gasteiger partial charge in [-0.05, 0) is 65.0 Å². The molecule has 0 unspecified atom stereocenters. The van der Waals surface area contributed by atoms with Crippen LogP contribution < -0.4 is 10.6 Å². The van der Waals surface area contributed by atoms with Crippen LogP contribution in [0.4, 0.5) is 4.79 Å². The number of aliphatic carboxylic acids is 1. The number of carboxylic acid groups (broad SMARTS) is 1. The molecule has 15 heteroatoms. The topological polar surface area (TPSA) is 169 Å². The highest BCUT2D eigenvalue weighted by Crippen LogP contribution is 2.46. The molecule has 1 aromatic carbocycles. The average Bonchev–Trinajstić information content (AvgIpc) is 3.72. The number of rotatable bonds is 5. The SMILES string of the molecule is CC(C)(C)OC(=O)N[C@H]1CCCCCC=C[C@@H]2C[C@@]2(C(=O)O)NC(=O)[C@@H]2C[C@@H](n3cnc4c(-c5nccs5)cc(-c5nccs5)cc43)CN2C1=O. The zero-order valence-corrected chi connectivity index (χ0v) is 30.3. The summed E-state index contributed by atoms with van der Waals surface area (Å²) < 4.78 is 7.51. The third kappa shape index (κ3) is 7.13. The maximum Gasteiger partial charge on any atom is 0.408 e. The van der Waals surface area contributed by atoms with Gasteiger partial charge in [0.15, 0.2) is 0 Å². The molecule has 268 valence electrons. The van der Waals surface area contributed by atoms with E-state index in [4.69, 9.17) is 9.72 Å². The van der Waals surface area contributed by atoms with Gasteiger partial charge in [0.1, 0.15) is 33.2 Å². The van der Waals surface area contributed by atoms with Crippen molar-refractivity contribution in [3.8, 4) is 21.1 Å². The van der Waals surface area contributed by atoms with Crippen molar-refractivity contribution in [2.24, 2.45) is 5.92 Å². The van der Waals surface area contributed by atoms with Crippen LogP contribution in [0.25, 0.3) is 32.2 Å². The number of alkyl carbamates (subject to hydrolysis) is 1. The lowest BCUT2D eigenvalue weighted by Gasteiger charge is -2.30. The fourth-order valence-corrected chi connectivity index (χ4v) is 8.44. The molecule has 2 aliphatic heterocycles. The zero-order chi connectivity index (χ0) is 35.9. The molecule has 4 aromatic rings. The van der Waals surface area contributed by atoms with Crippen molar-refractivity contribution >= 4 is 57.6 Å². The van der Waals surface area contributed by atoms with Crippen molar-refractivity contribution in [3.63, 3.8) is 0 Å². The highest BCUT2D eigenvalue weighted by Gasteiger charge is 2.61. The zero-order valence-electron chi connectivity index (χ0n) is 28.7. The lowest BCUT2D eigenvalue weighted by molar-refractivity contribution is -0.145. The number of nitrogens with zero attached hydrogens (tertiary/aromatic N) is 5. The maximum absolute atomic E-state index is 14.5. The molecule has 7 rings (SSSR count). The molecule has 3 aliphatic rings. The molecule has 0 radical (unpaired) electrons. The minimum absolute atomic E-state index is 0.145.